The number of hydrogen-bond acceptors (Lipinski definition) is 2. The summed E-state index contributed by atoms with van der Waals surface area (Å²) in [6.45, 7) is 0. The van der Waals surface area contributed by atoms with Gasteiger partial charge in [-0.05, 0) is 49.2 Å². The Bertz CT molecular complexity index is 845. The van der Waals surface area contributed by atoms with E-state index in [0.29, 0.717) is 11.3 Å². The fraction of sp³-hybridized carbons (Fsp3) is 0.300. The highest BCUT2D eigenvalue weighted by Crippen LogP contribution is 2.34. The predicted molar refractivity (Wildman–Crippen MR) is 100 cm³/mol. The first-order valence-electron chi connectivity index (χ1n) is 8.98. The molecular weight excluding hydrogens is 371 g/mol. The van der Waals surface area contributed by atoms with Crippen LogP contribution in [-0.2, 0) is 6.18 Å². The number of benzene rings is 2. The molecule has 28 heavy (non-hydrogen) atoms. The molecule has 3 rings (SSSR count). The first kappa shape index (κ1) is 19.7. The maximum absolute atomic E-state index is 13.0. The van der Waals surface area contributed by atoms with Gasteiger partial charge in [-0.2, -0.15) is 13.2 Å². The summed E-state index contributed by atoms with van der Waals surface area (Å²) in [5.74, 6) is -0.179. The smallest absolute Gasteiger partial charge is 0.349 e. The Kier molecular flexibility index (Phi) is 5.87. The SMILES string of the molecule is O=C(Nc1ccc(C(=O)NC2CCCC2)cc1)Nc1ccccc1C(F)(F)F. The van der Waals surface area contributed by atoms with Crippen molar-refractivity contribution in [1.82, 2.24) is 5.32 Å². The topological polar surface area (TPSA) is 70.2 Å². The molecule has 0 saturated heterocycles. The summed E-state index contributed by atoms with van der Waals surface area (Å²) in [7, 11) is 0. The lowest BCUT2D eigenvalue weighted by molar-refractivity contribution is -0.136. The molecule has 2 aromatic rings. The standard InChI is InChI=1S/C20H20F3N3O2/c21-20(22,23)16-7-3-4-8-17(16)26-19(28)25-15-11-9-13(10-12-15)18(27)24-14-5-1-2-6-14/h3-4,7-12,14H,1-2,5-6H2,(H,24,27)(H2,25,26,28). The molecular formula is C20H20F3N3O2. The fourth-order valence-electron chi connectivity index (χ4n) is 3.17. The van der Waals surface area contributed by atoms with Gasteiger partial charge in [0.1, 0.15) is 0 Å². The Morgan fingerprint density at radius 3 is 2.18 bits per heavy atom. The van der Waals surface area contributed by atoms with Crippen LogP contribution in [0.5, 0.6) is 0 Å². The monoisotopic (exact) mass is 391 g/mol. The van der Waals surface area contributed by atoms with Gasteiger partial charge in [0.2, 0.25) is 0 Å². The molecule has 1 fully saturated rings. The van der Waals surface area contributed by atoms with E-state index in [2.05, 4.69) is 16.0 Å². The number of halogens is 3. The Labute approximate surface area is 160 Å². The van der Waals surface area contributed by atoms with E-state index in [9.17, 15) is 22.8 Å². The van der Waals surface area contributed by atoms with Crippen molar-refractivity contribution < 1.29 is 22.8 Å². The van der Waals surface area contributed by atoms with Gasteiger partial charge in [0.25, 0.3) is 5.91 Å². The molecule has 5 nitrogen and oxygen atoms in total. The molecule has 148 valence electrons. The zero-order valence-corrected chi connectivity index (χ0v) is 15.0. The van der Waals surface area contributed by atoms with Crippen molar-refractivity contribution in [3.05, 3.63) is 59.7 Å². The first-order chi connectivity index (χ1) is 13.3. The van der Waals surface area contributed by atoms with Crippen LogP contribution in [0.25, 0.3) is 0 Å². The Morgan fingerprint density at radius 2 is 1.54 bits per heavy atom. The van der Waals surface area contributed by atoms with Crippen LogP contribution in [0.4, 0.5) is 29.3 Å². The molecule has 1 aliphatic carbocycles. The van der Waals surface area contributed by atoms with Gasteiger partial charge in [0.15, 0.2) is 0 Å². The van der Waals surface area contributed by atoms with Crippen LogP contribution in [0.1, 0.15) is 41.6 Å². The van der Waals surface area contributed by atoms with Gasteiger partial charge >= 0.3 is 12.2 Å². The number of nitrogens with one attached hydrogen (secondary N) is 3. The van der Waals surface area contributed by atoms with Crippen molar-refractivity contribution in [2.24, 2.45) is 0 Å². The van der Waals surface area contributed by atoms with Gasteiger partial charge in [-0.25, -0.2) is 4.79 Å². The fourth-order valence-corrected chi connectivity index (χ4v) is 3.17. The number of hydrogen-bond donors (Lipinski definition) is 3. The zero-order valence-electron chi connectivity index (χ0n) is 15.0. The molecule has 2 aromatic carbocycles. The maximum Gasteiger partial charge on any atom is 0.418 e. The summed E-state index contributed by atoms with van der Waals surface area (Å²) in [6.07, 6.45) is -0.394. The van der Waals surface area contributed by atoms with Crippen molar-refractivity contribution in [1.29, 1.82) is 0 Å². The van der Waals surface area contributed by atoms with Crippen LogP contribution in [0.2, 0.25) is 0 Å². The summed E-state index contributed by atoms with van der Waals surface area (Å²) in [6, 6.07) is 10.3. The molecule has 0 heterocycles. The van der Waals surface area contributed by atoms with E-state index in [1.807, 2.05) is 0 Å². The van der Waals surface area contributed by atoms with Gasteiger partial charge < -0.3 is 16.0 Å². The number of carbonyl (C=O) groups excluding carboxylic acids is 2. The molecule has 8 heteroatoms. The Balaban J connectivity index is 1.60. The third kappa shape index (κ3) is 5.03. The summed E-state index contributed by atoms with van der Waals surface area (Å²) < 4.78 is 38.9. The predicted octanol–water partition coefficient (Wildman–Crippen LogP) is 5.02. The van der Waals surface area contributed by atoms with Crippen LogP contribution in [-0.4, -0.2) is 18.0 Å². The number of rotatable bonds is 4. The van der Waals surface area contributed by atoms with Crippen LogP contribution in [0.15, 0.2) is 48.5 Å². The molecule has 0 unspecified atom stereocenters. The van der Waals surface area contributed by atoms with Gasteiger partial charge in [0.05, 0.1) is 11.3 Å². The Morgan fingerprint density at radius 1 is 0.893 bits per heavy atom. The molecule has 0 atom stereocenters. The number of anilines is 2. The summed E-state index contributed by atoms with van der Waals surface area (Å²) in [5, 5.41) is 7.62. The highest BCUT2D eigenvalue weighted by molar-refractivity contribution is 6.01. The molecule has 1 aliphatic rings. The second kappa shape index (κ2) is 8.33. The van der Waals surface area contributed by atoms with Gasteiger partial charge in [-0.3, -0.25) is 4.79 Å². The van der Waals surface area contributed by atoms with Crippen LogP contribution < -0.4 is 16.0 Å². The largest absolute Gasteiger partial charge is 0.418 e. The second-order valence-electron chi connectivity index (χ2n) is 6.65. The number of para-hydroxylation sites is 1. The molecule has 3 N–H and O–H groups in total. The van der Waals surface area contributed by atoms with Gasteiger partial charge in [-0.1, -0.05) is 25.0 Å². The maximum atomic E-state index is 13.0. The lowest BCUT2D eigenvalue weighted by Gasteiger charge is -2.14. The molecule has 3 amide bonds. The lowest BCUT2D eigenvalue weighted by Crippen LogP contribution is -2.32. The summed E-state index contributed by atoms with van der Waals surface area (Å²) >= 11 is 0. The number of urea groups is 1. The minimum Gasteiger partial charge on any atom is -0.349 e. The highest BCUT2D eigenvalue weighted by Gasteiger charge is 2.33. The van der Waals surface area contributed by atoms with E-state index in [1.54, 1.807) is 12.1 Å². The summed E-state index contributed by atoms with van der Waals surface area (Å²) in [4.78, 5) is 24.2. The minimum atomic E-state index is -4.57. The first-order valence-corrected chi connectivity index (χ1v) is 8.98. The zero-order chi connectivity index (χ0) is 20.1. The molecule has 0 aliphatic heterocycles. The van der Waals surface area contributed by atoms with Crippen LogP contribution in [0.3, 0.4) is 0 Å². The van der Waals surface area contributed by atoms with E-state index in [4.69, 9.17) is 0 Å². The third-order valence-corrected chi connectivity index (χ3v) is 4.58. The molecule has 0 radical (unpaired) electrons. The van der Waals surface area contributed by atoms with Gasteiger partial charge in [-0.15, -0.1) is 0 Å². The highest BCUT2D eigenvalue weighted by atomic mass is 19.4. The number of amides is 3. The van der Waals surface area contributed by atoms with Gasteiger partial charge in [0, 0.05) is 17.3 Å². The van der Waals surface area contributed by atoms with E-state index >= 15 is 0 Å². The average Bonchev–Trinajstić information content (AvgIpc) is 3.14. The van der Waals surface area contributed by atoms with Crippen molar-refractivity contribution in [2.45, 2.75) is 37.9 Å². The van der Waals surface area contributed by atoms with Crippen molar-refractivity contribution >= 4 is 23.3 Å². The normalized spacial score (nSPS) is 14.5. The number of carbonyl (C=O) groups is 2. The minimum absolute atomic E-state index is 0.179. The molecule has 0 bridgehead atoms. The second-order valence-corrected chi connectivity index (χ2v) is 6.65. The van der Waals surface area contributed by atoms with Crippen molar-refractivity contribution in [3.63, 3.8) is 0 Å². The number of alkyl halides is 3. The third-order valence-electron chi connectivity index (χ3n) is 4.58. The molecule has 0 spiro atoms. The van der Waals surface area contributed by atoms with Crippen LogP contribution >= 0.6 is 0 Å². The lowest BCUT2D eigenvalue weighted by atomic mass is 10.1. The average molecular weight is 391 g/mol. The van der Waals surface area contributed by atoms with E-state index in [1.165, 1.54) is 30.3 Å². The van der Waals surface area contributed by atoms with Crippen molar-refractivity contribution in [3.8, 4) is 0 Å². The quantitative estimate of drug-likeness (QED) is 0.685. The van der Waals surface area contributed by atoms with E-state index < -0.39 is 17.8 Å². The van der Waals surface area contributed by atoms with Crippen LogP contribution in [0, 0.1) is 0 Å². The van der Waals surface area contributed by atoms with E-state index in [-0.39, 0.29) is 17.6 Å². The van der Waals surface area contributed by atoms with E-state index in [0.717, 1.165) is 31.7 Å². The van der Waals surface area contributed by atoms with Crippen molar-refractivity contribution in [2.75, 3.05) is 10.6 Å². The summed E-state index contributed by atoms with van der Waals surface area (Å²) in [5.41, 5.74) is -0.441. The molecule has 0 aromatic heterocycles. The molecule has 1 saturated carbocycles. The Hall–Kier alpha value is -3.03.